The number of aliphatic hydroxyl groups is 1. The summed E-state index contributed by atoms with van der Waals surface area (Å²) in [4.78, 5) is 4.20. The molecule has 6 heteroatoms. The van der Waals surface area contributed by atoms with E-state index in [4.69, 9.17) is 16.1 Å². The van der Waals surface area contributed by atoms with Crippen LogP contribution in [0.4, 0.5) is 6.01 Å². The molecule has 2 rings (SSSR count). The Labute approximate surface area is 123 Å². The molecular formula is C14H18ClN3O2. The van der Waals surface area contributed by atoms with Crippen molar-refractivity contribution in [3.8, 4) is 0 Å². The van der Waals surface area contributed by atoms with Crippen LogP contribution in [0.3, 0.4) is 0 Å². The SMILES string of the molecule is CC(C)c1noc(NCC(C)(O)c2ccccc2Cl)n1. The van der Waals surface area contributed by atoms with Crippen LogP contribution in [0.2, 0.25) is 5.02 Å². The Hall–Kier alpha value is -1.59. The number of benzene rings is 1. The van der Waals surface area contributed by atoms with Gasteiger partial charge < -0.3 is 14.9 Å². The maximum absolute atomic E-state index is 10.5. The monoisotopic (exact) mass is 295 g/mol. The Morgan fingerprint density at radius 3 is 2.70 bits per heavy atom. The maximum Gasteiger partial charge on any atom is 0.321 e. The van der Waals surface area contributed by atoms with Crippen molar-refractivity contribution in [3.63, 3.8) is 0 Å². The largest absolute Gasteiger partial charge is 0.384 e. The summed E-state index contributed by atoms with van der Waals surface area (Å²) in [7, 11) is 0. The van der Waals surface area contributed by atoms with Crippen molar-refractivity contribution in [2.75, 3.05) is 11.9 Å². The van der Waals surface area contributed by atoms with E-state index in [-0.39, 0.29) is 12.5 Å². The van der Waals surface area contributed by atoms with Gasteiger partial charge in [-0.3, -0.25) is 0 Å². The Bertz CT molecular complexity index is 581. The minimum absolute atomic E-state index is 0.193. The fraction of sp³-hybridized carbons (Fsp3) is 0.429. The van der Waals surface area contributed by atoms with Crippen molar-refractivity contribution in [1.82, 2.24) is 10.1 Å². The molecule has 0 bridgehead atoms. The second-order valence-electron chi connectivity index (χ2n) is 5.22. The van der Waals surface area contributed by atoms with Crippen molar-refractivity contribution >= 4 is 17.6 Å². The van der Waals surface area contributed by atoms with Gasteiger partial charge in [-0.1, -0.05) is 48.8 Å². The molecule has 0 saturated heterocycles. The molecule has 0 fully saturated rings. The van der Waals surface area contributed by atoms with Gasteiger partial charge in [-0.2, -0.15) is 4.98 Å². The van der Waals surface area contributed by atoms with E-state index in [1.807, 2.05) is 26.0 Å². The summed E-state index contributed by atoms with van der Waals surface area (Å²) < 4.78 is 5.07. The molecule has 0 amide bonds. The first-order valence-electron chi connectivity index (χ1n) is 6.45. The second kappa shape index (κ2) is 5.81. The molecular weight excluding hydrogens is 278 g/mol. The topological polar surface area (TPSA) is 71.2 Å². The third kappa shape index (κ3) is 3.29. The van der Waals surface area contributed by atoms with Gasteiger partial charge in [0.15, 0.2) is 5.82 Å². The standard InChI is InChI=1S/C14H18ClN3O2/c1-9(2)12-17-13(20-18-12)16-8-14(3,19)10-6-4-5-7-11(10)15/h4-7,9,19H,8H2,1-3H3,(H,16,17,18). The predicted molar refractivity (Wildman–Crippen MR) is 77.9 cm³/mol. The predicted octanol–water partition coefficient (Wildman–Crippen LogP) is 3.17. The summed E-state index contributed by atoms with van der Waals surface area (Å²) in [5.41, 5.74) is -0.483. The van der Waals surface area contributed by atoms with E-state index in [0.29, 0.717) is 22.4 Å². The second-order valence-corrected chi connectivity index (χ2v) is 5.63. The van der Waals surface area contributed by atoms with Crippen LogP contribution in [0.5, 0.6) is 0 Å². The minimum atomic E-state index is -1.13. The molecule has 1 aromatic heterocycles. The van der Waals surface area contributed by atoms with Crippen LogP contribution >= 0.6 is 11.6 Å². The fourth-order valence-corrected chi connectivity index (χ4v) is 2.12. The zero-order chi connectivity index (χ0) is 14.8. The number of anilines is 1. The van der Waals surface area contributed by atoms with Crippen LogP contribution in [0.15, 0.2) is 28.8 Å². The molecule has 1 unspecified atom stereocenters. The molecule has 0 spiro atoms. The highest BCUT2D eigenvalue weighted by molar-refractivity contribution is 6.31. The van der Waals surface area contributed by atoms with Crippen molar-refractivity contribution < 1.29 is 9.63 Å². The van der Waals surface area contributed by atoms with Gasteiger partial charge in [0, 0.05) is 16.5 Å². The zero-order valence-corrected chi connectivity index (χ0v) is 12.5. The lowest BCUT2D eigenvalue weighted by Crippen LogP contribution is -2.31. The van der Waals surface area contributed by atoms with Gasteiger partial charge >= 0.3 is 6.01 Å². The molecule has 0 saturated carbocycles. The normalized spacial score (nSPS) is 14.3. The molecule has 20 heavy (non-hydrogen) atoms. The van der Waals surface area contributed by atoms with Gasteiger partial charge in [0.05, 0.1) is 6.54 Å². The van der Waals surface area contributed by atoms with Crippen LogP contribution in [-0.4, -0.2) is 21.8 Å². The average molecular weight is 296 g/mol. The summed E-state index contributed by atoms with van der Waals surface area (Å²) in [6.07, 6.45) is 0. The number of hydrogen-bond acceptors (Lipinski definition) is 5. The zero-order valence-electron chi connectivity index (χ0n) is 11.7. The van der Waals surface area contributed by atoms with Gasteiger partial charge in [0.2, 0.25) is 0 Å². The molecule has 2 aromatic rings. The van der Waals surface area contributed by atoms with E-state index in [2.05, 4.69) is 15.5 Å². The van der Waals surface area contributed by atoms with Crippen LogP contribution < -0.4 is 5.32 Å². The maximum atomic E-state index is 10.5. The summed E-state index contributed by atoms with van der Waals surface area (Å²) in [6, 6.07) is 7.48. The lowest BCUT2D eigenvalue weighted by atomic mass is 9.96. The van der Waals surface area contributed by atoms with Crippen molar-refractivity contribution in [2.45, 2.75) is 32.3 Å². The highest BCUT2D eigenvalue weighted by Gasteiger charge is 2.26. The Balaban J connectivity index is 2.07. The van der Waals surface area contributed by atoms with Crippen molar-refractivity contribution in [1.29, 1.82) is 0 Å². The van der Waals surface area contributed by atoms with Gasteiger partial charge in [0.1, 0.15) is 5.60 Å². The molecule has 108 valence electrons. The van der Waals surface area contributed by atoms with Gasteiger partial charge in [-0.15, -0.1) is 0 Å². The van der Waals surface area contributed by atoms with E-state index >= 15 is 0 Å². The Morgan fingerprint density at radius 2 is 2.10 bits per heavy atom. The highest BCUT2D eigenvalue weighted by Crippen LogP contribution is 2.28. The lowest BCUT2D eigenvalue weighted by Gasteiger charge is -2.24. The first-order chi connectivity index (χ1) is 9.40. The summed E-state index contributed by atoms with van der Waals surface area (Å²) in [5.74, 6) is 0.822. The van der Waals surface area contributed by atoms with Crippen molar-refractivity contribution in [2.24, 2.45) is 0 Å². The van der Waals surface area contributed by atoms with Crippen molar-refractivity contribution in [3.05, 3.63) is 40.7 Å². The molecule has 2 N–H and O–H groups in total. The summed E-state index contributed by atoms with van der Waals surface area (Å²) >= 11 is 6.10. The number of nitrogens with one attached hydrogen (secondary N) is 1. The van der Waals surface area contributed by atoms with E-state index < -0.39 is 5.60 Å². The van der Waals surface area contributed by atoms with Gasteiger partial charge in [0.25, 0.3) is 0 Å². The van der Waals surface area contributed by atoms with Crippen LogP contribution in [0.25, 0.3) is 0 Å². The minimum Gasteiger partial charge on any atom is -0.384 e. The average Bonchev–Trinajstić information content (AvgIpc) is 2.86. The molecule has 0 aliphatic heterocycles. The smallest absolute Gasteiger partial charge is 0.321 e. The van der Waals surface area contributed by atoms with E-state index in [1.54, 1.807) is 19.1 Å². The molecule has 1 aromatic carbocycles. The molecule has 0 radical (unpaired) electrons. The quantitative estimate of drug-likeness (QED) is 0.886. The van der Waals surface area contributed by atoms with Gasteiger partial charge in [-0.05, 0) is 13.0 Å². The van der Waals surface area contributed by atoms with Crippen LogP contribution in [0, 0.1) is 0 Å². The van der Waals surface area contributed by atoms with Crippen LogP contribution in [0.1, 0.15) is 38.1 Å². The summed E-state index contributed by atoms with van der Waals surface area (Å²) in [6.45, 7) is 5.86. The number of rotatable bonds is 5. The third-order valence-electron chi connectivity index (χ3n) is 3.00. The molecule has 1 atom stereocenters. The van der Waals surface area contributed by atoms with Gasteiger partial charge in [-0.25, -0.2) is 0 Å². The molecule has 1 heterocycles. The third-order valence-corrected chi connectivity index (χ3v) is 3.33. The van der Waals surface area contributed by atoms with Crippen LogP contribution in [-0.2, 0) is 5.60 Å². The number of hydrogen-bond donors (Lipinski definition) is 2. The molecule has 0 aliphatic rings. The molecule has 0 aliphatic carbocycles. The fourth-order valence-electron chi connectivity index (χ4n) is 1.78. The number of aromatic nitrogens is 2. The lowest BCUT2D eigenvalue weighted by molar-refractivity contribution is 0.0709. The number of halogens is 1. The Kier molecular flexibility index (Phi) is 4.30. The summed E-state index contributed by atoms with van der Waals surface area (Å²) in [5, 5.41) is 17.8. The van der Waals surface area contributed by atoms with E-state index in [1.165, 1.54) is 0 Å². The first kappa shape index (κ1) is 14.8. The molecule has 5 nitrogen and oxygen atoms in total. The number of nitrogens with zero attached hydrogens (tertiary/aromatic N) is 2. The Morgan fingerprint density at radius 1 is 1.40 bits per heavy atom. The highest BCUT2D eigenvalue weighted by atomic mass is 35.5. The van der Waals surface area contributed by atoms with E-state index in [0.717, 1.165) is 0 Å². The first-order valence-corrected chi connectivity index (χ1v) is 6.83. The van der Waals surface area contributed by atoms with E-state index in [9.17, 15) is 5.11 Å².